The van der Waals surface area contributed by atoms with Gasteiger partial charge in [0.05, 0.1) is 16.3 Å². The molecule has 2 unspecified atom stereocenters. The molecule has 2 N–H and O–H groups in total. The number of hydrogen-bond donors (Lipinski definition) is 2. The van der Waals surface area contributed by atoms with Gasteiger partial charge in [-0.3, -0.25) is 4.79 Å². The third kappa shape index (κ3) is 5.25. The number of aromatic carboxylic acids is 1. The van der Waals surface area contributed by atoms with Gasteiger partial charge in [0.25, 0.3) is 0 Å². The van der Waals surface area contributed by atoms with Crippen LogP contribution in [0, 0.1) is 7.14 Å². The number of carboxylic acid groups (broad SMARTS) is 1. The van der Waals surface area contributed by atoms with Crippen molar-refractivity contribution in [2.24, 2.45) is 0 Å². The van der Waals surface area contributed by atoms with Crippen LogP contribution >= 0.6 is 90.4 Å². The summed E-state index contributed by atoms with van der Waals surface area (Å²) >= 11 is 8.14. The van der Waals surface area contributed by atoms with E-state index in [0.29, 0.717) is 27.8 Å². The molecule has 152 valence electrons. The van der Waals surface area contributed by atoms with E-state index in [9.17, 15) is 19.8 Å². The average Bonchev–Trinajstić information content (AvgIpc) is 2.69. The summed E-state index contributed by atoms with van der Waals surface area (Å²) in [6, 6.07) is 8.68. The summed E-state index contributed by atoms with van der Waals surface area (Å²) in [5.41, 5.74) is 2.35. The monoisotopic (exact) mass is 886 g/mol. The first-order chi connectivity index (χ1) is 13.7. The SMILES string of the molecule is O=C(O)c1ccccc1C1C2=C(Oc3c1cc(I)c(O)c3I)C(I)C(=O)C(I)=C2.[H-].[H-].[Na+].[Na+]. The van der Waals surface area contributed by atoms with Crippen LogP contribution in [-0.4, -0.2) is 25.9 Å². The number of hydrogen-bond acceptors (Lipinski definition) is 4. The van der Waals surface area contributed by atoms with Gasteiger partial charge < -0.3 is 17.8 Å². The molecule has 0 aromatic heterocycles. The van der Waals surface area contributed by atoms with Crippen molar-refractivity contribution in [2.45, 2.75) is 9.84 Å². The second-order valence-corrected chi connectivity index (χ2v) is 11.1. The summed E-state index contributed by atoms with van der Waals surface area (Å²) in [7, 11) is 0. The molecule has 2 atom stereocenters. The van der Waals surface area contributed by atoms with Gasteiger partial charge in [0.15, 0.2) is 5.78 Å². The maximum atomic E-state index is 12.6. The van der Waals surface area contributed by atoms with Crippen LogP contribution in [0.2, 0.25) is 0 Å². The van der Waals surface area contributed by atoms with Crippen molar-refractivity contribution in [3.05, 3.63) is 75.2 Å². The van der Waals surface area contributed by atoms with Gasteiger partial charge in [0.1, 0.15) is 21.2 Å². The number of carbonyl (C=O) groups is 2. The summed E-state index contributed by atoms with van der Waals surface area (Å²) in [5.74, 6) is -0.436. The fourth-order valence-electron chi connectivity index (χ4n) is 3.49. The molecule has 1 aliphatic heterocycles. The molecule has 1 aliphatic carbocycles. The maximum Gasteiger partial charge on any atom is 1.00 e. The predicted octanol–water partition coefficient (Wildman–Crippen LogP) is 0.0162. The minimum Gasteiger partial charge on any atom is -1.00 e. The summed E-state index contributed by atoms with van der Waals surface area (Å²) in [6.45, 7) is 0. The first kappa shape index (κ1) is 28.8. The van der Waals surface area contributed by atoms with E-state index in [1.165, 1.54) is 0 Å². The number of alkyl halides is 1. The fourth-order valence-corrected chi connectivity index (χ4v) is 7.38. The van der Waals surface area contributed by atoms with E-state index in [1.54, 1.807) is 30.3 Å². The van der Waals surface area contributed by atoms with Gasteiger partial charge in [0, 0.05) is 17.1 Å². The Hall–Kier alpha value is 1.58. The number of halogens is 4. The number of phenolic OH excluding ortho intramolecular Hbond substituents is 1. The number of rotatable bonds is 2. The summed E-state index contributed by atoms with van der Waals surface area (Å²) in [6.07, 6.45) is 1.78. The molecule has 2 aliphatic rings. The Balaban J connectivity index is 0.00000256. The van der Waals surface area contributed by atoms with Gasteiger partial charge >= 0.3 is 65.1 Å². The molecular weight excluding hydrogens is 874 g/mol. The Morgan fingerprint density at radius 3 is 2.39 bits per heavy atom. The number of ether oxygens (including phenoxy) is 1. The molecule has 2 aromatic rings. The Morgan fingerprint density at radius 1 is 1.10 bits per heavy atom. The van der Waals surface area contributed by atoms with E-state index < -0.39 is 15.8 Å². The van der Waals surface area contributed by atoms with Gasteiger partial charge in [-0.05, 0) is 91.5 Å². The molecule has 1 heterocycles. The topological polar surface area (TPSA) is 83.8 Å². The molecule has 0 amide bonds. The number of aromatic hydroxyl groups is 1. The standard InChI is InChI=1S/C20H10I4O5.2Na.2H/c21-11-5-9-13(7-3-1-2-4-8(7)20(27)28)10-6-12(22)17(26)15(24)19(10)29-18(9)14(23)16(11)25;;;;/h1-6,13-14,26H,(H,27,28);;;;/q;2*+1;2*-1. The molecule has 11 heteroatoms. The third-order valence-corrected chi connectivity index (χ3v) is 8.57. The average molecular weight is 886 g/mol. The first-order valence-corrected chi connectivity index (χ1v) is 12.7. The number of allylic oxidation sites excluding steroid dienone is 4. The molecular formula is C20H12I4Na2O5. The van der Waals surface area contributed by atoms with E-state index >= 15 is 0 Å². The molecule has 2 aromatic carbocycles. The Bertz CT molecular complexity index is 1170. The molecule has 4 rings (SSSR count). The third-order valence-electron chi connectivity index (χ3n) is 4.78. The van der Waals surface area contributed by atoms with Crippen molar-refractivity contribution in [1.82, 2.24) is 0 Å². The van der Waals surface area contributed by atoms with Crippen molar-refractivity contribution >= 4 is 102 Å². The Labute approximate surface area is 280 Å². The van der Waals surface area contributed by atoms with Crippen molar-refractivity contribution < 1.29 is 86.5 Å². The predicted molar refractivity (Wildman–Crippen MR) is 144 cm³/mol. The molecule has 0 bridgehead atoms. The zero-order valence-electron chi connectivity index (χ0n) is 18.2. The molecule has 0 saturated heterocycles. The van der Waals surface area contributed by atoms with Crippen LogP contribution in [0.25, 0.3) is 0 Å². The zero-order chi connectivity index (χ0) is 21.0. The summed E-state index contributed by atoms with van der Waals surface area (Å²) in [4.78, 5) is 24.5. The van der Waals surface area contributed by atoms with Gasteiger partial charge in [-0.2, -0.15) is 0 Å². The first-order valence-electron chi connectivity index (χ1n) is 8.22. The number of fused-ring (bicyclic) bond motifs is 1. The smallest absolute Gasteiger partial charge is 1.00 e. The molecule has 31 heavy (non-hydrogen) atoms. The van der Waals surface area contributed by atoms with Crippen molar-refractivity contribution in [3.63, 3.8) is 0 Å². The van der Waals surface area contributed by atoms with Crippen molar-refractivity contribution in [3.8, 4) is 11.5 Å². The minimum absolute atomic E-state index is 0. The molecule has 0 saturated carbocycles. The maximum absolute atomic E-state index is 12.6. The normalized spacial score (nSPS) is 19.2. The van der Waals surface area contributed by atoms with E-state index in [2.05, 4.69) is 22.6 Å². The Morgan fingerprint density at radius 2 is 1.74 bits per heavy atom. The largest absolute Gasteiger partial charge is 1.00 e. The van der Waals surface area contributed by atoms with E-state index in [-0.39, 0.29) is 79.1 Å². The zero-order valence-corrected chi connectivity index (χ0v) is 28.9. The van der Waals surface area contributed by atoms with Crippen LogP contribution < -0.4 is 63.9 Å². The van der Waals surface area contributed by atoms with Crippen LogP contribution in [0.4, 0.5) is 0 Å². The summed E-state index contributed by atoms with van der Waals surface area (Å²) < 4.78 is 7.41. The summed E-state index contributed by atoms with van der Waals surface area (Å²) in [5, 5.41) is 20.2. The minimum atomic E-state index is -1.02. The quantitative estimate of drug-likeness (QED) is 0.253. The Kier molecular flexibility index (Phi) is 10.7. The number of phenols is 1. The van der Waals surface area contributed by atoms with Crippen LogP contribution in [-0.2, 0) is 4.79 Å². The second-order valence-electron chi connectivity index (χ2n) is 6.41. The van der Waals surface area contributed by atoms with E-state index in [1.807, 2.05) is 73.8 Å². The van der Waals surface area contributed by atoms with E-state index in [0.717, 1.165) is 11.1 Å². The number of carboxylic acids is 1. The van der Waals surface area contributed by atoms with Crippen molar-refractivity contribution in [2.75, 3.05) is 0 Å². The fraction of sp³-hybridized carbons (Fsp3) is 0.100. The van der Waals surface area contributed by atoms with Crippen LogP contribution in [0.1, 0.15) is 30.3 Å². The van der Waals surface area contributed by atoms with Crippen LogP contribution in [0.15, 0.2) is 51.3 Å². The van der Waals surface area contributed by atoms with Gasteiger partial charge in [0.2, 0.25) is 0 Å². The van der Waals surface area contributed by atoms with E-state index in [4.69, 9.17) is 4.74 Å². The molecule has 0 spiro atoms. The van der Waals surface area contributed by atoms with Crippen LogP contribution in [0.3, 0.4) is 0 Å². The number of ketones is 1. The van der Waals surface area contributed by atoms with Gasteiger partial charge in [-0.25, -0.2) is 4.79 Å². The second kappa shape index (κ2) is 11.5. The van der Waals surface area contributed by atoms with Crippen LogP contribution in [0.5, 0.6) is 11.5 Å². The molecule has 0 fully saturated rings. The van der Waals surface area contributed by atoms with Crippen molar-refractivity contribution in [1.29, 1.82) is 0 Å². The number of Topliss-reactive ketones (excluding diaryl/α,β-unsaturated/α-hetero) is 1. The molecule has 5 nitrogen and oxygen atoms in total. The number of carbonyl (C=O) groups excluding carboxylic acids is 1. The van der Waals surface area contributed by atoms with Gasteiger partial charge in [-0.15, -0.1) is 0 Å². The number of benzene rings is 2. The molecule has 0 radical (unpaired) electrons. The van der Waals surface area contributed by atoms with Gasteiger partial charge in [-0.1, -0.05) is 40.8 Å².